The Hall–Kier alpha value is -2.78. The van der Waals surface area contributed by atoms with E-state index in [1.807, 2.05) is 0 Å². The molecular formula is C20H28BrNO13. The number of carbonyl (C=O) groups excluding carboxylic acids is 6. The van der Waals surface area contributed by atoms with Gasteiger partial charge in [-0.15, -0.1) is 0 Å². The van der Waals surface area contributed by atoms with Crippen molar-refractivity contribution in [3.8, 4) is 0 Å². The molecule has 0 aliphatic carbocycles. The average molecular weight is 570 g/mol. The first kappa shape index (κ1) is 30.3. The summed E-state index contributed by atoms with van der Waals surface area (Å²) in [4.78, 5) is 71.5. The van der Waals surface area contributed by atoms with Gasteiger partial charge in [0.25, 0.3) is 4.51 Å². The summed E-state index contributed by atoms with van der Waals surface area (Å²) in [5.41, 5.74) is 0. The second-order valence-corrected chi connectivity index (χ2v) is 8.67. The maximum atomic E-state index is 12.6. The zero-order valence-corrected chi connectivity index (χ0v) is 21.5. The third kappa shape index (κ3) is 8.14. The zero-order valence-electron chi connectivity index (χ0n) is 19.9. The van der Waals surface area contributed by atoms with Gasteiger partial charge in [0, 0.05) is 34.6 Å². The summed E-state index contributed by atoms with van der Waals surface area (Å²) in [6.45, 7) is 4.63. The Balaban J connectivity index is 3.74. The Morgan fingerprint density at radius 3 is 1.97 bits per heavy atom. The number of hydrogen-bond donors (Lipinski definition) is 2. The molecule has 198 valence electrons. The number of esters is 5. The molecule has 1 fully saturated rings. The molecule has 0 aromatic heterocycles. The molecule has 7 atom stereocenters. The minimum atomic E-state index is -2.39. The SMILES string of the molecule is COC(=O)[C@@]1(Br)O[C@@H]([C@H](OC(C)=O)[C@@H](COC(C)=O)OC(C)=O)[C@H](NC(C)=O)[C@@H](OC(C)=O)[C@@H]1O. The predicted molar refractivity (Wildman–Crippen MR) is 115 cm³/mol. The van der Waals surface area contributed by atoms with Gasteiger partial charge in [-0.05, 0) is 15.9 Å². The van der Waals surface area contributed by atoms with Gasteiger partial charge >= 0.3 is 29.8 Å². The lowest BCUT2D eigenvalue weighted by Crippen LogP contribution is -2.73. The third-order valence-corrected chi connectivity index (χ3v) is 5.58. The van der Waals surface area contributed by atoms with E-state index in [0.29, 0.717) is 0 Å². The second-order valence-electron chi connectivity index (χ2n) is 7.49. The van der Waals surface area contributed by atoms with E-state index >= 15 is 0 Å². The van der Waals surface area contributed by atoms with E-state index in [-0.39, 0.29) is 0 Å². The third-order valence-electron chi connectivity index (χ3n) is 4.60. The standard InChI is InChI=1S/C20H28BrNO13/c1-8(23)22-14-16(15(33-11(4)26)13(32-10(3)25)7-31-9(2)24)35-20(21,19(29)30-6)18(28)17(14)34-12(5)27/h13-18,28H,7H2,1-6H3,(H,22,23)/t13-,14+,15-,16-,17-,18+,20+/m1/s1. The number of halogens is 1. The first-order valence-electron chi connectivity index (χ1n) is 10.2. The summed E-state index contributed by atoms with van der Waals surface area (Å²) in [6, 6.07) is -1.46. The van der Waals surface area contributed by atoms with Crippen molar-refractivity contribution in [1.82, 2.24) is 5.32 Å². The first-order valence-corrected chi connectivity index (χ1v) is 11.0. The molecule has 35 heavy (non-hydrogen) atoms. The maximum absolute atomic E-state index is 12.6. The van der Waals surface area contributed by atoms with Gasteiger partial charge in [0.15, 0.2) is 18.3 Å². The van der Waals surface area contributed by atoms with Gasteiger partial charge < -0.3 is 38.8 Å². The average Bonchev–Trinajstić information content (AvgIpc) is 2.73. The van der Waals surface area contributed by atoms with Crippen LogP contribution in [0.2, 0.25) is 0 Å². The van der Waals surface area contributed by atoms with Crippen molar-refractivity contribution in [2.24, 2.45) is 0 Å². The number of nitrogens with one attached hydrogen (secondary N) is 1. The van der Waals surface area contributed by atoms with Crippen molar-refractivity contribution in [2.45, 2.75) is 75.7 Å². The zero-order chi connectivity index (χ0) is 27.1. The van der Waals surface area contributed by atoms with Crippen LogP contribution in [-0.2, 0) is 57.2 Å². The van der Waals surface area contributed by atoms with Gasteiger partial charge in [0.2, 0.25) is 5.91 Å². The number of amides is 1. The van der Waals surface area contributed by atoms with Crippen LogP contribution in [0, 0.1) is 0 Å². The van der Waals surface area contributed by atoms with E-state index in [1.54, 1.807) is 0 Å². The Bertz CT molecular complexity index is 849. The Morgan fingerprint density at radius 1 is 0.971 bits per heavy atom. The van der Waals surface area contributed by atoms with Crippen LogP contribution in [0.25, 0.3) is 0 Å². The highest BCUT2D eigenvalue weighted by molar-refractivity contribution is 9.10. The minimum absolute atomic E-state index is 0.617. The summed E-state index contributed by atoms with van der Waals surface area (Å²) in [5.74, 6) is -5.28. The fourth-order valence-corrected chi connectivity index (χ4v) is 4.04. The lowest BCUT2D eigenvalue weighted by atomic mass is 9.87. The van der Waals surface area contributed by atoms with Crippen molar-refractivity contribution in [1.29, 1.82) is 0 Å². The van der Waals surface area contributed by atoms with E-state index < -0.39 is 83.4 Å². The Kier molecular flexibility index (Phi) is 11.1. The normalized spacial score (nSPS) is 27.4. The van der Waals surface area contributed by atoms with E-state index in [0.717, 1.165) is 41.7 Å². The molecule has 1 rings (SSSR count). The smallest absolute Gasteiger partial charge is 0.352 e. The van der Waals surface area contributed by atoms with Gasteiger partial charge in [-0.2, -0.15) is 0 Å². The molecule has 15 heteroatoms. The highest BCUT2D eigenvalue weighted by Crippen LogP contribution is 2.40. The van der Waals surface area contributed by atoms with Crippen molar-refractivity contribution in [3.63, 3.8) is 0 Å². The van der Waals surface area contributed by atoms with E-state index in [2.05, 4.69) is 26.0 Å². The molecule has 0 radical (unpaired) electrons. The molecule has 0 bridgehead atoms. The molecule has 0 aromatic carbocycles. The van der Waals surface area contributed by atoms with E-state index in [4.69, 9.17) is 23.7 Å². The number of aliphatic hydroxyl groups is 1. The lowest BCUT2D eigenvalue weighted by molar-refractivity contribution is -0.248. The number of ether oxygens (including phenoxy) is 6. The molecule has 1 heterocycles. The summed E-state index contributed by atoms with van der Waals surface area (Å²) in [7, 11) is 0.989. The number of hydrogen-bond acceptors (Lipinski definition) is 13. The molecule has 1 aliphatic rings. The fourth-order valence-electron chi connectivity index (χ4n) is 3.40. The monoisotopic (exact) mass is 569 g/mol. The summed E-state index contributed by atoms with van der Waals surface area (Å²) in [6.07, 6.45) is -8.39. The molecule has 0 aromatic rings. The topological polar surface area (TPSA) is 190 Å². The van der Waals surface area contributed by atoms with E-state index in [1.165, 1.54) is 0 Å². The van der Waals surface area contributed by atoms with Crippen molar-refractivity contribution in [3.05, 3.63) is 0 Å². The summed E-state index contributed by atoms with van der Waals surface area (Å²) in [5, 5.41) is 13.3. The van der Waals surface area contributed by atoms with Crippen LogP contribution in [0.5, 0.6) is 0 Å². The number of alkyl halides is 1. The molecule has 2 N–H and O–H groups in total. The number of rotatable bonds is 9. The van der Waals surface area contributed by atoms with Gasteiger partial charge in [-0.25, -0.2) is 4.79 Å². The fraction of sp³-hybridized carbons (Fsp3) is 0.700. The van der Waals surface area contributed by atoms with Crippen LogP contribution in [0.15, 0.2) is 0 Å². The van der Waals surface area contributed by atoms with E-state index in [9.17, 15) is 33.9 Å². The van der Waals surface area contributed by atoms with Gasteiger partial charge in [0.1, 0.15) is 18.8 Å². The lowest BCUT2D eigenvalue weighted by Gasteiger charge is -2.49. The van der Waals surface area contributed by atoms with Crippen LogP contribution >= 0.6 is 15.9 Å². The van der Waals surface area contributed by atoms with Crippen LogP contribution in [-0.4, -0.2) is 95.6 Å². The molecule has 0 spiro atoms. The number of carbonyl (C=O) groups is 6. The van der Waals surface area contributed by atoms with Crippen molar-refractivity contribution in [2.75, 3.05) is 13.7 Å². The number of methoxy groups -OCH3 is 1. The maximum Gasteiger partial charge on any atom is 0.352 e. The highest BCUT2D eigenvalue weighted by atomic mass is 79.9. The summed E-state index contributed by atoms with van der Waals surface area (Å²) < 4.78 is 28.7. The van der Waals surface area contributed by atoms with Crippen molar-refractivity contribution >= 4 is 51.7 Å². The van der Waals surface area contributed by atoms with Crippen LogP contribution in [0.4, 0.5) is 0 Å². The second kappa shape index (κ2) is 12.8. The van der Waals surface area contributed by atoms with Gasteiger partial charge in [-0.1, -0.05) is 0 Å². The molecule has 14 nitrogen and oxygen atoms in total. The van der Waals surface area contributed by atoms with Gasteiger partial charge in [-0.3, -0.25) is 24.0 Å². The summed E-state index contributed by atoms with van der Waals surface area (Å²) >= 11 is 2.96. The minimum Gasteiger partial charge on any atom is -0.466 e. The van der Waals surface area contributed by atoms with Crippen LogP contribution in [0.1, 0.15) is 34.6 Å². The quantitative estimate of drug-likeness (QED) is 0.193. The largest absolute Gasteiger partial charge is 0.466 e. The molecule has 1 saturated heterocycles. The molecule has 0 saturated carbocycles. The van der Waals surface area contributed by atoms with Gasteiger partial charge in [0.05, 0.1) is 13.2 Å². The highest BCUT2D eigenvalue weighted by Gasteiger charge is 2.62. The number of aliphatic hydroxyl groups excluding tert-OH is 1. The molecular weight excluding hydrogens is 542 g/mol. The Labute approximate surface area is 209 Å². The molecule has 0 unspecified atom stereocenters. The molecule has 1 aliphatic heterocycles. The molecule has 1 amide bonds. The Morgan fingerprint density at radius 2 is 1.54 bits per heavy atom. The first-order chi connectivity index (χ1) is 16.1. The van der Waals surface area contributed by atoms with Crippen LogP contribution in [0.3, 0.4) is 0 Å². The predicted octanol–water partition coefficient (Wildman–Crippen LogP) is -1.13. The van der Waals surface area contributed by atoms with Crippen molar-refractivity contribution < 1.29 is 62.3 Å². The van der Waals surface area contributed by atoms with Crippen LogP contribution < -0.4 is 5.32 Å².